The number of aliphatic hydroxyl groups is 1. The molecule has 1 atom stereocenters. The molecule has 9 heteroatoms. The molecule has 2 saturated heterocycles. The van der Waals surface area contributed by atoms with Crippen LogP contribution in [0.25, 0.3) is 0 Å². The van der Waals surface area contributed by atoms with Crippen LogP contribution in [0.2, 0.25) is 0 Å². The number of ether oxygens (including phenoxy) is 1. The molecule has 5 rings (SSSR count). The average molecular weight is 528 g/mol. The summed E-state index contributed by atoms with van der Waals surface area (Å²) in [6, 6.07) is 10.0. The molecular formula is C28H41N5O3S. The molecule has 3 heterocycles. The molecule has 1 aromatic carbocycles. The summed E-state index contributed by atoms with van der Waals surface area (Å²) in [6.45, 7) is 9.07. The lowest BCUT2D eigenvalue weighted by Gasteiger charge is -2.34. The zero-order valence-corrected chi connectivity index (χ0v) is 23.1. The molecule has 3 aliphatic rings. The van der Waals surface area contributed by atoms with E-state index in [0.717, 1.165) is 67.6 Å². The summed E-state index contributed by atoms with van der Waals surface area (Å²) in [5.41, 5.74) is 4.66. The molecule has 1 unspecified atom stereocenters. The smallest absolute Gasteiger partial charge is 0.152 e. The van der Waals surface area contributed by atoms with Crippen molar-refractivity contribution >= 4 is 41.2 Å². The Labute approximate surface area is 225 Å². The fourth-order valence-corrected chi connectivity index (χ4v) is 5.51. The van der Waals surface area contributed by atoms with Gasteiger partial charge in [-0.1, -0.05) is 11.9 Å². The van der Waals surface area contributed by atoms with Crippen molar-refractivity contribution in [2.75, 3.05) is 72.0 Å². The lowest BCUT2D eigenvalue weighted by Crippen LogP contribution is -2.41. The van der Waals surface area contributed by atoms with Gasteiger partial charge in [-0.05, 0) is 80.8 Å². The van der Waals surface area contributed by atoms with Gasteiger partial charge < -0.3 is 29.7 Å². The molecule has 1 spiro atoms. The zero-order valence-electron chi connectivity index (χ0n) is 22.3. The quantitative estimate of drug-likeness (QED) is 0.259. The lowest BCUT2D eigenvalue weighted by atomic mass is 9.93. The second-order valence-electron chi connectivity index (χ2n) is 10.3. The first kappa shape index (κ1) is 27.5. The summed E-state index contributed by atoms with van der Waals surface area (Å²) in [7, 11) is 1.90. The van der Waals surface area contributed by atoms with E-state index in [4.69, 9.17) is 9.84 Å². The Balaban J connectivity index is 0.000000180. The molecule has 1 aliphatic carbocycles. The van der Waals surface area contributed by atoms with Gasteiger partial charge in [0.2, 0.25) is 0 Å². The maximum atomic E-state index is 11.3. The van der Waals surface area contributed by atoms with Crippen molar-refractivity contribution in [1.82, 2.24) is 4.98 Å². The third-order valence-electron chi connectivity index (χ3n) is 7.44. The van der Waals surface area contributed by atoms with Gasteiger partial charge in [-0.15, -0.1) is 0 Å². The standard InChI is InChI=1S/C16H22N2O2S.C12H19N3O/c19-9-10-21-17-14-2-1-13(12-20)15(11-14)18-7-5-16(3-4-16)6-8-18;1-9-6-11(13-3)14-12(7-9)15-4-5-16-10(2)8-15/h1-2,11-12,17,19H,3-10H2;6-7,10H,4-5,8H2,1-3H3,(H,13,14). The minimum Gasteiger partial charge on any atom is -0.395 e. The average Bonchev–Trinajstić information content (AvgIpc) is 3.67. The minimum absolute atomic E-state index is 0.158. The number of aromatic nitrogens is 1. The summed E-state index contributed by atoms with van der Waals surface area (Å²) in [4.78, 5) is 20.5. The van der Waals surface area contributed by atoms with Crippen LogP contribution >= 0.6 is 11.9 Å². The lowest BCUT2D eigenvalue weighted by molar-refractivity contribution is 0.0529. The maximum absolute atomic E-state index is 11.3. The molecule has 0 radical (unpaired) electrons. The Hall–Kier alpha value is -2.49. The van der Waals surface area contributed by atoms with Crippen molar-refractivity contribution < 1.29 is 14.6 Å². The maximum Gasteiger partial charge on any atom is 0.152 e. The third kappa shape index (κ3) is 7.52. The predicted octanol–water partition coefficient (Wildman–Crippen LogP) is 4.59. The number of carbonyl (C=O) groups excluding carboxylic acids is 1. The number of carbonyl (C=O) groups is 1. The van der Waals surface area contributed by atoms with Gasteiger partial charge in [0.05, 0.1) is 19.3 Å². The summed E-state index contributed by atoms with van der Waals surface area (Å²) in [5, 5.41) is 11.9. The van der Waals surface area contributed by atoms with E-state index in [2.05, 4.69) is 50.8 Å². The number of rotatable bonds is 8. The van der Waals surface area contributed by atoms with Crippen LogP contribution in [0, 0.1) is 12.3 Å². The zero-order chi connectivity index (χ0) is 26.3. The number of nitrogens with zero attached hydrogens (tertiary/aromatic N) is 3. The Morgan fingerprint density at radius 3 is 2.59 bits per heavy atom. The van der Waals surface area contributed by atoms with E-state index in [1.54, 1.807) is 0 Å². The normalized spacial score (nSPS) is 20.2. The van der Waals surface area contributed by atoms with E-state index in [9.17, 15) is 4.79 Å². The van der Waals surface area contributed by atoms with Gasteiger partial charge in [-0.25, -0.2) is 4.98 Å². The van der Waals surface area contributed by atoms with Crippen molar-refractivity contribution in [1.29, 1.82) is 0 Å². The number of morpholine rings is 1. The Kier molecular flexibility index (Phi) is 9.56. The van der Waals surface area contributed by atoms with E-state index in [1.807, 2.05) is 25.2 Å². The summed E-state index contributed by atoms with van der Waals surface area (Å²) in [6.07, 6.45) is 6.52. The summed E-state index contributed by atoms with van der Waals surface area (Å²) in [5.74, 6) is 2.62. The summed E-state index contributed by atoms with van der Waals surface area (Å²) < 4.78 is 8.75. The van der Waals surface area contributed by atoms with Crippen LogP contribution in [0.3, 0.4) is 0 Å². The predicted molar refractivity (Wildman–Crippen MR) is 154 cm³/mol. The van der Waals surface area contributed by atoms with E-state index >= 15 is 0 Å². The number of aryl methyl sites for hydroxylation is 1. The van der Waals surface area contributed by atoms with Gasteiger partial charge in [0.15, 0.2) is 6.29 Å². The number of hydrogen-bond donors (Lipinski definition) is 3. The van der Waals surface area contributed by atoms with Crippen molar-refractivity contribution in [2.45, 2.75) is 45.6 Å². The number of benzene rings is 1. The number of nitrogens with one attached hydrogen (secondary N) is 2. The molecule has 0 bridgehead atoms. The first-order valence-electron chi connectivity index (χ1n) is 13.3. The van der Waals surface area contributed by atoms with Crippen LogP contribution in [-0.4, -0.2) is 74.7 Å². The van der Waals surface area contributed by atoms with Crippen LogP contribution in [0.1, 0.15) is 48.5 Å². The van der Waals surface area contributed by atoms with E-state index in [0.29, 0.717) is 11.2 Å². The van der Waals surface area contributed by atoms with Gasteiger partial charge in [-0.3, -0.25) is 4.79 Å². The van der Waals surface area contributed by atoms with Crippen molar-refractivity contribution in [3.8, 4) is 0 Å². The minimum atomic E-state index is 0.158. The number of pyridine rings is 1. The number of hydrogen-bond acceptors (Lipinski definition) is 9. The van der Waals surface area contributed by atoms with Crippen LogP contribution in [0.5, 0.6) is 0 Å². The first-order valence-corrected chi connectivity index (χ1v) is 14.3. The molecule has 8 nitrogen and oxygen atoms in total. The van der Waals surface area contributed by atoms with E-state index < -0.39 is 0 Å². The summed E-state index contributed by atoms with van der Waals surface area (Å²) >= 11 is 1.48. The second-order valence-corrected chi connectivity index (χ2v) is 11.2. The van der Waals surface area contributed by atoms with Gasteiger partial charge in [-0.2, -0.15) is 0 Å². The van der Waals surface area contributed by atoms with Crippen LogP contribution < -0.4 is 19.8 Å². The molecule has 1 aromatic heterocycles. The second kappa shape index (κ2) is 12.8. The van der Waals surface area contributed by atoms with E-state index in [-0.39, 0.29) is 12.7 Å². The molecule has 1 saturated carbocycles. The van der Waals surface area contributed by atoms with E-state index in [1.165, 1.54) is 43.2 Å². The largest absolute Gasteiger partial charge is 0.395 e. The Morgan fingerprint density at radius 1 is 1.16 bits per heavy atom. The fourth-order valence-electron chi connectivity index (χ4n) is 5.02. The van der Waals surface area contributed by atoms with Crippen LogP contribution in [-0.2, 0) is 4.74 Å². The SMILES string of the molecule is CNc1cc(C)cc(N2CCOC(C)C2)n1.O=Cc1ccc(NSCCO)cc1N1CCC2(CC1)CC2. The first-order chi connectivity index (χ1) is 17.9. The molecular weight excluding hydrogens is 486 g/mol. The molecule has 2 aromatic rings. The fraction of sp³-hybridized carbons (Fsp3) is 0.571. The van der Waals surface area contributed by atoms with Crippen molar-refractivity contribution in [2.24, 2.45) is 5.41 Å². The molecule has 3 fully saturated rings. The molecule has 0 amide bonds. The highest BCUT2D eigenvalue weighted by Gasteiger charge is 2.44. The van der Waals surface area contributed by atoms with Crippen LogP contribution in [0.15, 0.2) is 30.3 Å². The number of piperidine rings is 1. The Morgan fingerprint density at radius 2 is 1.95 bits per heavy atom. The highest BCUT2D eigenvalue weighted by molar-refractivity contribution is 8.00. The van der Waals surface area contributed by atoms with Crippen molar-refractivity contribution in [3.63, 3.8) is 0 Å². The molecule has 202 valence electrons. The highest BCUT2D eigenvalue weighted by atomic mass is 32.2. The number of anilines is 4. The molecule has 3 N–H and O–H groups in total. The van der Waals surface area contributed by atoms with Gasteiger partial charge >= 0.3 is 0 Å². The highest BCUT2D eigenvalue weighted by Crippen LogP contribution is 2.54. The van der Waals surface area contributed by atoms with Gasteiger partial charge in [0, 0.05) is 55.9 Å². The number of aldehydes is 1. The monoisotopic (exact) mass is 527 g/mol. The Bertz CT molecular complexity index is 1040. The topological polar surface area (TPSA) is 90.0 Å². The molecule has 37 heavy (non-hydrogen) atoms. The van der Waals surface area contributed by atoms with Gasteiger partial charge in [0.1, 0.15) is 11.6 Å². The third-order valence-corrected chi connectivity index (χ3v) is 8.21. The van der Waals surface area contributed by atoms with Crippen LogP contribution in [0.4, 0.5) is 23.0 Å². The number of aliphatic hydroxyl groups excluding tert-OH is 1. The van der Waals surface area contributed by atoms with Crippen molar-refractivity contribution in [3.05, 3.63) is 41.5 Å². The van der Waals surface area contributed by atoms with Gasteiger partial charge in [0.25, 0.3) is 0 Å². The molecule has 2 aliphatic heterocycles.